The molecule has 3 aromatic rings. The van der Waals surface area contributed by atoms with E-state index in [1.807, 2.05) is 0 Å². The summed E-state index contributed by atoms with van der Waals surface area (Å²) < 4.78 is 52.3. The van der Waals surface area contributed by atoms with E-state index < -0.39 is 11.7 Å². The number of benzene rings is 2. The van der Waals surface area contributed by atoms with Crippen LogP contribution in [0.25, 0.3) is 11.3 Å². The molecule has 6 heteroatoms. The van der Waals surface area contributed by atoms with Crippen molar-refractivity contribution in [2.45, 2.75) is 12.1 Å². The van der Waals surface area contributed by atoms with Crippen molar-refractivity contribution in [3.63, 3.8) is 0 Å². The summed E-state index contributed by atoms with van der Waals surface area (Å²) in [5.74, 6) is -0.673. The highest BCUT2D eigenvalue weighted by atomic mass is 19.4. The quantitative estimate of drug-likeness (QED) is 0.469. The molecule has 0 saturated carbocycles. The summed E-state index contributed by atoms with van der Waals surface area (Å²) in [4.78, 5) is 8.16. The lowest BCUT2D eigenvalue weighted by atomic mass is 9.90. The molecule has 0 radical (unpaired) electrons. The zero-order chi connectivity index (χ0) is 16.9. The Morgan fingerprint density at radius 1 is 0.917 bits per heavy atom. The van der Waals surface area contributed by atoms with Crippen LogP contribution in [0.4, 0.5) is 17.6 Å². The zero-order valence-corrected chi connectivity index (χ0v) is 12.2. The minimum Gasteiger partial charge on any atom is -0.244 e. The van der Waals surface area contributed by atoms with Gasteiger partial charge in [0.15, 0.2) is 0 Å². The minimum absolute atomic E-state index is 0.306. The molecule has 1 aliphatic rings. The van der Waals surface area contributed by atoms with E-state index in [1.54, 1.807) is 18.3 Å². The predicted molar refractivity (Wildman–Crippen MR) is 79.8 cm³/mol. The molecule has 0 aliphatic heterocycles. The second kappa shape index (κ2) is 5.12. The van der Waals surface area contributed by atoms with Gasteiger partial charge in [0, 0.05) is 23.2 Å². The maximum Gasteiger partial charge on any atom is 0.416 e. The smallest absolute Gasteiger partial charge is 0.244 e. The van der Waals surface area contributed by atoms with Crippen LogP contribution in [-0.2, 0) is 6.18 Å². The first-order valence-electron chi connectivity index (χ1n) is 7.22. The lowest BCUT2D eigenvalue weighted by molar-refractivity contribution is -0.137. The van der Waals surface area contributed by atoms with Gasteiger partial charge in [0.2, 0.25) is 0 Å². The average molecular weight is 330 g/mol. The largest absolute Gasteiger partial charge is 0.416 e. The Hall–Kier alpha value is -2.76. The van der Waals surface area contributed by atoms with Gasteiger partial charge in [-0.25, -0.2) is 14.4 Å². The third-order valence-electron chi connectivity index (χ3n) is 4.20. The summed E-state index contributed by atoms with van der Waals surface area (Å²) in [6.45, 7) is 0. The van der Waals surface area contributed by atoms with Gasteiger partial charge < -0.3 is 0 Å². The molecule has 0 amide bonds. The fourth-order valence-corrected chi connectivity index (χ4v) is 3.15. The van der Waals surface area contributed by atoms with Crippen molar-refractivity contribution >= 4 is 0 Å². The molecule has 2 aromatic carbocycles. The first-order chi connectivity index (χ1) is 11.4. The molecule has 1 unspecified atom stereocenters. The van der Waals surface area contributed by atoms with Crippen LogP contribution in [0, 0.1) is 5.82 Å². The number of alkyl halides is 3. The molecule has 1 heterocycles. The molecule has 2 nitrogen and oxygen atoms in total. The average Bonchev–Trinajstić information content (AvgIpc) is 2.89. The molecule has 0 saturated heterocycles. The van der Waals surface area contributed by atoms with Crippen LogP contribution in [0.15, 0.2) is 55.0 Å². The fraction of sp³-hybridized carbons (Fsp3) is 0.111. The first kappa shape index (κ1) is 14.8. The van der Waals surface area contributed by atoms with E-state index >= 15 is 0 Å². The molecular formula is C18H10F4N2. The van der Waals surface area contributed by atoms with Crippen molar-refractivity contribution in [1.29, 1.82) is 0 Å². The highest BCUT2D eigenvalue weighted by Crippen LogP contribution is 2.48. The van der Waals surface area contributed by atoms with E-state index in [9.17, 15) is 17.6 Å². The van der Waals surface area contributed by atoms with Crippen molar-refractivity contribution in [3.05, 3.63) is 83.1 Å². The predicted octanol–water partition coefficient (Wildman–Crippen LogP) is 4.80. The SMILES string of the molecule is Fc1ccc(C2c3ccc(C(F)(F)F)cc3-c3ncncc32)cc1. The number of rotatable bonds is 1. The Kier molecular flexibility index (Phi) is 3.16. The second-order valence-corrected chi connectivity index (χ2v) is 5.61. The van der Waals surface area contributed by atoms with Crippen LogP contribution < -0.4 is 0 Å². The van der Waals surface area contributed by atoms with Gasteiger partial charge in [-0.05, 0) is 35.4 Å². The summed E-state index contributed by atoms with van der Waals surface area (Å²) >= 11 is 0. The molecular weight excluding hydrogens is 320 g/mol. The summed E-state index contributed by atoms with van der Waals surface area (Å²) in [6.07, 6.45) is -1.50. The van der Waals surface area contributed by atoms with Gasteiger partial charge in [0.05, 0.1) is 11.3 Å². The van der Waals surface area contributed by atoms with Gasteiger partial charge in [-0.2, -0.15) is 13.2 Å². The van der Waals surface area contributed by atoms with Gasteiger partial charge in [0.25, 0.3) is 0 Å². The number of hydrogen-bond acceptors (Lipinski definition) is 2. The van der Waals surface area contributed by atoms with E-state index in [4.69, 9.17) is 0 Å². The maximum absolute atomic E-state index is 13.2. The van der Waals surface area contributed by atoms with Crippen molar-refractivity contribution < 1.29 is 17.6 Å². The van der Waals surface area contributed by atoms with Gasteiger partial charge >= 0.3 is 6.18 Å². The highest BCUT2D eigenvalue weighted by Gasteiger charge is 2.36. The summed E-state index contributed by atoms with van der Waals surface area (Å²) in [6, 6.07) is 9.57. The van der Waals surface area contributed by atoms with Gasteiger partial charge in [-0.15, -0.1) is 0 Å². The Bertz CT molecular complexity index is 917. The van der Waals surface area contributed by atoms with Crippen LogP contribution in [0.3, 0.4) is 0 Å². The number of hydrogen-bond donors (Lipinski definition) is 0. The second-order valence-electron chi connectivity index (χ2n) is 5.61. The van der Waals surface area contributed by atoms with Gasteiger partial charge in [-0.3, -0.25) is 0 Å². The molecule has 1 aliphatic carbocycles. The van der Waals surface area contributed by atoms with E-state index in [2.05, 4.69) is 9.97 Å². The van der Waals surface area contributed by atoms with Gasteiger partial charge in [0.1, 0.15) is 12.1 Å². The Balaban J connectivity index is 1.94. The monoisotopic (exact) mass is 330 g/mol. The van der Waals surface area contributed by atoms with Crippen LogP contribution in [0.2, 0.25) is 0 Å². The standard InChI is InChI=1S/C18H10F4N2/c19-12-4-1-10(2-5-12)16-13-6-3-11(18(20,21)22)7-14(13)17-15(16)8-23-9-24-17/h1-9,16H. The minimum atomic E-state index is -4.42. The fourth-order valence-electron chi connectivity index (χ4n) is 3.15. The topological polar surface area (TPSA) is 25.8 Å². The van der Waals surface area contributed by atoms with E-state index in [0.717, 1.165) is 23.3 Å². The number of aromatic nitrogens is 2. The Morgan fingerprint density at radius 3 is 2.38 bits per heavy atom. The van der Waals surface area contributed by atoms with Crippen molar-refractivity contribution in [2.75, 3.05) is 0 Å². The molecule has 0 spiro atoms. The number of nitrogens with zero attached hydrogens (tertiary/aromatic N) is 2. The van der Waals surface area contributed by atoms with Crippen LogP contribution in [0.1, 0.15) is 28.2 Å². The lowest BCUT2D eigenvalue weighted by Gasteiger charge is -2.14. The molecule has 120 valence electrons. The molecule has 0 fully saturated rings. The van der Waals surface area contributed by atoms with Crippen molar-refractivity contribution in [1.82, 2.24) is 9.97 Å². The van der Waals surface area contributed by atoms with E-state index in [-0.39, 0.29) is 11.7 Å². The Labute approximate surface area is 134 Å². The van der Waals surface area contributed by atoms with E-state index in [1.165, 1.54) is 24.5 Å². The Morgan fingerprint density at radius 2 is 1.67 bits per heavy atom. The number of halogens is 4. The van der Waals surface area contributed by atoms with Crippen LogP contribution in [-0.4, -0.2) is 9.97 Å². The summed E-state index contributed by atoms with van der Waals surface area (Å²) in [5, 5.41) is 0. The van der Waals surface area contributed by atoms with Crippen LogP contribution >= 0.6 is 0 Å². The third kappa shape index (κ3) is 2.26. The molecule has 0 bridgehead atoms. The highest BCUT2D eigenvalue weighted by molar-refractivity contribution is 5.78. The first-order valence-corrected chi connectivity index (χ1v) is 7.22. The molecule has 0 N–H and O–H groups in total. The molecule has 1 aromatic heterocycles. The molecule has 1 atom stereocenters. The summed E-state index contributed by atoms with van der Waals surface area (Å²) in [7, 11) is 0. The van der Waals surface area contributed by atoms with Gasteiger partial charge in [-0.1, -0.05) is 18.2 Å². The lowest BCUT2D eigenvalue weighted by Crippen LogP contribution is -2.05. The molecule has 24 heavy (non-hydrogen) atoms. The maximum atomic E-state index is 13.2. The number of fused-ring (bicyclic) bond motifs is 3. The third-order valence-corrected chi connectivity index (χ3v) is 4.20. The van der Waals surface area contributed by atoms with E-state index in [0.29, 0.717) is 16.8 Å². The zero-order valence-electron chi connectivity index (χ0n) is 12.2. The molecule has 4 rings (SSSR count). The normalized spacial score (nSPS) is 15.9. The van der Waals surface area contributed by atoms with Crippen molar-refractivity contribution in [2.24, 2.45) is 0 Å². The van der Waals surface area contributed by atoms with Crippen LogP contribution in [0.5, 0.6) is 0 Å². The van der Waals surface area contributed by atoms with Crippen molar-refractivity contribution in [3.8, 4) is 11.3 Å². The summed E-state index contributed by atoms with van der Waals surface area (Å²) in [5.41, 5.74) is 2.43.